The van der Waals surface area contributed by atoms with Gasteiger partial charge < -0.3 is 9.42 Å². The Balaban J connectivity index is 2.33. The minimum atomic E-state index is -0.496. The summed E-state index contributed by atoms with van der Waals surface area (Å²) in [6.07, 6.45) is 0. The summed E-state index contributed by atoms with van der Waals surface area (Å²) in [4.78, 5) is 2.48. The molecule has 1 aromatic carbocycles. The third-order valence-corrected chi connectivity index (χ3v) is 5.00. The molecule has 0 aliphatic carbocycles. The predicted molar refractivity (Wildman–Crippen MR) is 79.4 cm³/mol. The third kappa shape index (κ3) is 2.46. The molecule has 2 nitrogen and oxygen atoms in total. The van der Waals surface area contributed by atoms with Gasteiger partial charge in [0.25, 0.3) is 0 Å². The molecule has 1 aliphatic heterocycles. The van der Waals surface area contributed by atoms with Gasteiger partial charge in [0.1, 0.15) is 8.15 Å². The highest BCUT2D eigenvalue weighted by Gasteiger charge is 2.43. The molecule has 18 heavy (non-hydrogen) atoms. The molecule has 1 unspecified atom stereocenters. The molecule has 0 saturated carbocycles. The minimum Gasteiger partial charge on any atom is -0.364 e. The van der Waals surface area contributed by atoms with Gasteiger partial charge >= 0.3 is 0 Å². The molecule has 98 valence electrons. The van der Waals surface area contributed by atoms with Crippen LogP contribution in [0.25, 0.3) is 5.31 Å². The molecule has 1 aliphatic rings. The van der Waals surface area contributed by atoms with E-state index in [1.165, 1.54) is 16.3 Å². The maximum absolute atomic E-state index is 5.67. The van der Waals surface area contributed by atoms with Crippen LogP contribution in [-0.2, 0) is 4.52 Å². The summed E-state index contributed by atoms with van der Waals surface area (Å²) in [7, 11) is 1.32. The van der Waals surface area contributed by atoms with Crippen molar-refractivity contribution >= 4 is 13.5 Å². The van der Waals surface area contributed by atoms with Crippen molar-refractivity contribution in [3.8, 4) is 0 Å². The SMILES string of the molecule is COP1C(c2ccccc2)=C1N(C(C)C)C(C)C. The fourth-order valence-corrected chi connectivity index (χ4v) is 4.54. The van der Waals surface area contributed by atoms with Crippen LogP contribution in [0.15, 0.2) is 35.8 Å². The summed E-state index contributed by atoms with van der Waals surface area (Å²) in [5.74, 6) is 0. The van der Waals surface area contributed by atoms with Crippen LogP contribution in [0.4, 0.5) is 0 Å². The Bertz CT molecular complexity index is 431. The normalized spacial score (nSPS) is 18.7. The summed E-state index contributed by atoms with van der Waals surface area (Å²) in [6.45, 7) is 8.99. The number of hydrogen-bond donors (Lipinski definition) is 0. The van der Waals surface area contributed by atoms with Crippen molar-refractivity contribution in [1.82, 2.24) is 4.90 Å². The van der Waals surface area contributed by atoms with Gasteiger partial charge in [-0.2, -0.15) is 0 Å². The van der Waals surface area contributed by atoms with Gasteiger partial charge in [-0.05, 0) is 33.3 Å². The van der Waals surface area contributed by atoms with E-state index in [0.29, 0.717) is 12.1 Å². The zero-order chi connectivity index (χ0) is 13.3. The molecule has 2 rings (SSSR count). The molecule has 0 fully saturated rings. The lowest BCUT2D eigenvalue weighted by Gasteiger charge is -2.30. The van der Waals surface area contributed by atoms with Gasteiger partial charge in [0.15, 0.2) is 0 Å². The molecule has 1 atom stereocenters. The lowest BCUT2D eigenvalue weighted by Crippen LogP contribution is -2.33. The van der Waals surface area contributed by atoms with E-state index in [-0.39, 0.29) is 0 Å². The Morgan fingerprint density at radius 1 is 1.00 bits per heavy atom. The van der Waals surface area contributed by atoms with Crippen molar-refractivity contribution in [2.45, 2.75) is 39.8 Å². The molecule has 0 saturated heterocycles. The van der Waals surface area contributed by atoms with Crippen molar-refractivity contribution < 1.29 is 4.52 Å². The molecule has 0 bridgehead atoms. The van der Waals surface area contributed by atoms with E-state index >= 15 is 0 Å². The highest BCUT2D eigenvalue weighted by atomic mass is 31.1. The Morgan fingerprint density at radius 2 is 1.56 bits per heavy atom. The van der Waals surface area contributed by atoms with E-state index < -0.39 is 8.15 Å². The Labute approximate surface area is 111 Å². The van der Waals surface area contributed by atoms with Gasteiger partial charge in [-0.3, -0.25) is 0 Å². The maximum Gasteiger partial charge on any atom is 0.112 e. The summed E-state index contributed by atoms with van der Waals surface area (Å²) in [5, 5.41) is 1.41. The number of benzene rings is 1. The third-order valence-electron chi connectivity index (χ3n) is 3.14. The fourth-order valence-electron chi connectivity index (χ4n) is 2.47. The van der Waals surface area contributed by atoms with Gasteiger partial charge in [-0.25, -0.2) is 0 Å². The maximum atomic E-state index is 5.67. The first-order valence-corrected chi connectivity index (χ1v) is 7.76. The summed E-state index contributed by atoms with van der Waals surface area (Å²) in [6, 6.07) is 11.6. The fraction of sp³-hybridized carbons (Fsp3) is 0.467. The van der Waals surface area contributed by atoms with Crippen molar-refractivity contribution in [3.63, 3.8) is 0 Å². The lowest BCUT2D eigenvalue weighted by atomic mass is 10.2. The molecular formula is C15H22NOP. The molecule has 0 amide bonds. The van der Waals surface area contributed by atoms with Crippen LogP contribution in [0.3, 0.4) is 0 Å². The average Bonchev–Trinajstić information content (AvgIpc) is 3.03. The van der Waals surface area contributed by atoms with E-state index in [1.54, 1.807) is 0 Å². The van der Waals surface area contributed by atoms with Crippen LogP contribution < -0.4 is 0 Å². The smallest absolute Gasteiger partial charge is 0.112 e. The first-order chi connectivity index (χ1) is 8.57. The van der Waals surface area contributed by atoms with Crippen molar-refractivity contribution in [2.24, 2.45) is 0 Å². The van der Waals surface area contributed by atoms with E-state index in [0.717, 1.165) is 0 Å². The van der Waals surface area contributed by atoms with Crippen LogP contribution in [-0.4, -0.2) is 24.1 Å². The molecule has 0 aromatic heterocycles. The Hall–Kier alpha value is -0.850. The quantitative estimate of drug-likeness (QED) is 0.726. The molecule has 3 heteroatoms. The number of nitrogens with zero attached hydrogens (tertiary/aromatic N) is 1. The van der Waals surface area contributed by atoms with Crippen LogP contribution in [0.5, 0.6) is 0 Å². The average molecular weight is 263 g/mol. The highest BCUT2D eigenvalue weighted by Crippen LogP contribution is 2.75. The van der Waals surface area contributed by atoms with Gasteiger partial charge in [-0.15, -0.1) is 0 Å². The van der Waals surface area contributed by atoms with E-state index in [9.17, 15) is 0 Å². The number of rotatable bonds is 5. The van der Waals surface area contributed by atoms with Crippen molar-refractivity contribution in [3.05, 3.63) is 41.3 Å². The van der Waals surface area contributed by atoms with Gasteiger partial charge in [-0.1, -0.05) is 30.3 Å². The van der Waals surface area contributed by atoms with Crippen molar-refractivity contribution in [1.29, 1.82) is 0 Å². The van der Waals surface area contributed by atoms with Crippen molar-refractivity contribution in [2.75, 3.05) is 7.11 Å². The zero-order valence-electron chi connectivity index (χ0n) is 11.8. The molecule has 0 radical (unpaired) electrons. The number of hydrogen-bond acceptors (Lipinski definition) is 2. The second-order valence-corrected chi connectivity index (χ2v) is 6.93. The molecular weight excluding hydrogens is 241 g/mol. The van der Waals surface area contributed by atoms with Crippen LogP contribution in [0.1, 0.15) is 33.3 Å². The second-order valence-electron chi connectivity index (χ2n) is 5.11. The van der Waals surface area contributed by atoms with Crippen LogP contribution >= 0.6 is 8.15 Å². The monoisotopic (exact) mass is 263 g/mol. The lowest BCUT2D eigenvalue weighted by molar-refractivity contribution is 0.250. The van der Waals surface area contributed by atoms with E-state index in [4.69, 9.17) is 4.52 Å². The van der Waals surface area contributed by atoms with E-state index in [1.807, 2.05) is 7.11 Å². The van der Waals surface area contributed by atoms with Gasteiger partial charge in [0, 0.05) is 24.5 Å². The standard InChI is InChI=1S/C15H22NOP/c1-11(2)16(12(3)4)15-14(18(15)17-5)13-9-7-6-8-10-13/h6-12H,1-5H3. The van der Waals surface area contributed by atoms with E-state index in [2.05, 4.69) is 62.9 Å². The molecule has 0 N–H and O–H groups in total. The molecule has 0 spiro atoms. The van der Waals surface area contributed by atoms with Gasteiger partial charge in [0.2, 0.25) is 0 Å². The Kier molecular flexibility index (Phi) is 4.09. The summed E-state index contributed by atoms with van der Waals surface area (Å²) >= 11 is 0. The zero-order valence-corrected chi connectivity index (χ0v) is 12.7. The predicted octanol–water partition coefficient (Wildman–Crippen LogP) is 4.49. The molecule has 1 heterocycles. The first-order valence-electron chi connectivity index (χ1n) is 6.50. The summed E-state index contributed by atoms with van der Waals surface area (Å²) < 4.78 is 5.67. The summed E-state index contributed by atoms with van der Waals surface area (Å²) in [5.41, 5.74) is 2.73. The largest absolute Gasteiger partial charge is 0.364 e. The molecule has 1 aromatic rings. The Morgan fingerprint density at radius 3 is 2.00 bits per heavy atom. The minimum absolute atomic E-state index is 0.496. The van der Waals surface area contributed by atoms with Crippen LogP contribution in [0, 0.1) is 0 Å². The first kappa shape index (κ1) is 13.6. The van der Waals surface area contributed by atoms with Gasteiger partial charge in [0.05, 0.1) is 5.44 Å². The highest BCUT2D eigenvalue weighted by molar-refractivity contribution is 7.77. The second kappa shape index (κ2) is 5.42. The topological polar surface area (TPSA) is 12.5 Å². The van der Waals surface area contributed by atoms with Crippen LogP contribution in [0.2, 0.25) is 0 Å².